The van der Waals surface area contributed by atoms with Crippen LogP contribution in [-0.2, 0) is 9.53 Å². The van der Waals surface area contributed by atoms with Gasteiger partial charge in [-0.1, -0.05) is 0 Å². The number of ether oxygens (including phenoxy) is 1. The van der Waals surface area contributed by atoms with Gasteiger partial charge < -0.3 is 4.74 Å². The van der Waals surface area contributed by atoms with Crippen LogP contribution in [-0.4, -0.2) is 55.0 Å². The molecule has 150 valence electrons. The summed E-state index contributed by atoms with van der Waals surface area (Å²) in [6.07, 6.45) is -9.87. The SMILES string of the molecule is O=C(OCC(F)(F)C(F)(F)C(F)(F)C(F)(F)C(F)(F)C(F)F)C(F)F. The molecule has 0 aliphatic rings. The quantitative estimate of drug-likeness (QED) is 0.442. The number of carbonyl (C=O) groups is 1. The van der Waals surface area contributed by atoms with Crippen LogP contribution in [0.1, 0.15) is 0 Å². The lowest BCUT2D eigenvalue weighted by Crippen LogP contribution is -2.69. The first-order chi connectivity index (χ1) is 10.8. The molecule has 0 N–H and O–H groups in total. The van der Waals surface area contributed by atoms with E-state index >= 15 is 0 Å². The van der Waals surface area contributed by atoms with Gasteiger partial charge in [0, 0.05) is 0 Å². The zero-order valence-corrected chi connectivity index (χ0v) is 11.0. The van der Waals surface area contributed by atoms with E-state index in [9.17, 15) is 66.3 Å². The largest absolute Gasteiger partial charge is 0.455 e. The summed E-state index contributed by atoms with van der Waals surface area (Å²) < 4.78 is 177. The van der Waals surface area contributed by atoms with E-state index < -0.39 is 55.0 Å². The van der Waals surface area contributed by atoms with Crippen molar-refractivity contribution in [3.8, 4) is 0 Å². The minimum absolute atomic E-state index is 2.76. The van der Waals surface area contributed by atoms with Crippen LogP contribution < -0.4 is 0 Å². The summed E-state index contributed by atoms with van der Waals surface area (Å²) in [7, 11) is 0. The van der Waals surface area contributed by atoms with Crippen LogP contribution >= 0.6 is 0 Å². The van der Waals surface area contributed by atoms with Crippen molar-refractivity contribution in [2.45, 2.75) is 42.5 Å². The monoisotopic (exact) mass is 410 g/mol. The summed E-state index contributed by atoms with van der Waals surface area (Å²) >= 11 is 0. The fourth-order valence-corrected chi connectivity index (χ4v) is 1.09. The maximum Gasteiger partial charge on any atom is 0.384 e. The first-order valence-corrected chi connectivity index (χ1v) is 5.39. The molecule has 25 heavy (non-hydrogen) atoms. The molecule has 0 unspecified atom stereocenters. The van der Waals surface area contributed by atoms with E-state index in [2.05, 4.69) is 4.74 Å². The fourth-order valence-electron chi connectivity index (χ4n) is 1.09. The molecular weight excluding hydrogens is 406 g/mol. The van der Waals surface area contributed by atoms with Gasteiger partial charge in [0.1, 0.15) is 0 Å². The highest BCUT2D eigenvalue weighted by Crippen LogP contribution is 2.58. The number of halogens is 14. The van der Waals surface area contributed by atoms with Crippen molar-refractivity contribution in [2.75, 3.05) is 6.61 Å². The van der Waals surface area contributed by atoms with Crippen LogP contribution in [0.2, 0.25) is 0 Å². The predicted octanol–water partition coefficient (Wildman–Crippen LogP) is 4.24. The fraction of sp³-hybridized carbons (Fsp3) is 0.889. The average Bonchev–Trinajstić information content (AvgIpc) is 2.43. The summed E-state index contributed by atoms with van der Waals surface area (Å²) in [4.78, 5) is 10.1. The lowest BCUT2D eigenvalue weighted by Gasteiger charge is -2.38. The average molecular weight is 410 g/mol. The van der Waals surface area contributed by atoms with E-state index in [0.29, 0.717) is 0 Å². The lowest BCUT2D eigenvalue weighted by molar-refractivity contribution is -0.414. The van der Waals surface area contributed by atoms with Gasteiger partial charge in [-0.25, -0.2) is 13.6 Å². The molecule has 16 heteroatoms. The second kappa shape index (κ2) is 6.66. The Morgan fingerprint density at radius 1 is 0.720 bits per heavy atom. The van der Waals surface area contributed by atoms with E-state index in [1.54, 1.807) is 0 Å². The Hall–Kier alpha value is -1.51. The Kier molecular flexibility index (Phi) is 6.26. The number of rotatable bonds is 8. The van der Waals surface area contributed by atoms with Crippen LogP contribution in [0.25, 0.3) is 0 Å². The van der Waals surface area contributed by atoms with Crippen LogP contribution in [0.4, 0.5) is 61.5 Å². The third kappa shape index (κ3) is 3.70. The molecule has 0 aliphatic carbocycles. The van der Waals surface area contributed by atoms with Gasteiger partial charge in [0.25, 0.3) is 0 Å². The highest BCUT2D eigenvalue weighted by Gasteiger charge is 2.87. The Bertz CT molecular complexity index is 485. The van der Waals surface area contributed by atoms with Crippen LogP contribution in [0, 0.1) is 0 Å². The van der Waals surface area contributed by atoms with Crippen molar-refractivity contribution in [3.05, 3.63) is 0 Å². The lowest BCUT2D eigenvalue weighted by atomic mass is 9.94. The number of carbonyl (C=O) groups excluding carboxylic acids is 1. The van der Waals surface area contributed by atoms with Gasteiger partial charge in [0.15, 0.2) is 6.61 Å². The Morgan fingerprint density at radius 3 is 1.44 bits per heavy atom. The molecule has 0 saturated heterocycles. The van der Waals surface area contributed by atoms with Crippen LogP contribution in [0.5, 0.6) is 0 Å². The summed E-state index contributed by atoms with van der Waals surface area (Å²) in [5.41, 5.74) is 0. The van der Waals surface area contributed by atoms with E-state index in [1.165, 1.54) is 0 Å². The van der Waals surface area contributed by atoms with Gasteiger partial charge >= 0.3 is 48.4 Å². The number of alkyl halides is 14. The van der Waals surface area contributed by atoms with Crippen molar-refractivity contribution >= 4 is 5.97 Å². The molecule has 0 atom stereocenters. The molecule has 0 rings (SSSR count). The predicted molar refractivity (Wildman–Crippen MR) is 47.7 cm³/mol. The molecule has 0 bridgehead atoms. The van der Waals surface area contributed by atoms with Crippen molar-refractivity contribution in [1.82, 2.24) is 0 Å². The molecular formula is C9H4F14O2. The second-order valence-electron chi connectivity index (χ2n) is 4.26. The smallest absolute Gasteiger partial charge is 0.384 e. The third-order valence-electron chi connectivity index (χ3n) is 2.51. The van der Waals surface area contributed by atoms with Crippen molar-refractivity contribution < 1.29 is 71.0 Å². The molecule has 0 aromatic carbocycles. The van der Waals surface area contributed by atoms with E-state index in [4.69, 9.17) is 0 Å². The van der Waals surface area contributed by atoms with Gasteiger partial charge in [0.2, 0.25) is 0 Å². The Morgan fingerprint density at radius 2 is 1.12 bits per heavy atom. The number of esters is 1. The normalized spacial score (nSPS) is 15.0. The first kappa shape index (κ1) is 23.5. The summed E-state index contributed by atoms with van der Waals surface area (Å²) in [5, 5.41) is 0. The zero-order valence-electron chi connectivity index (χ0n) is 11.0. The maximum absolute atomic E-state index is 13.0. The van der Waals surface area contributed by atoms with Crippen LogP contribution in [0.15, 0.2) is 0 Å². The zero-order chi connectivity index (χ0) is 20.6. The minimum Gasteiger partial charge on any atom is -0.455 e. The molecule has 2 nitrogen and oxygen atoms in total. The van der Waals surface area contributed by atoms with Gasteiger partial charge in [0.05, 0.1) is 0 Å². The van der Waals surface area contributed by atoms with Gasteiger partial charge in [-0.3, -0.25) is 0 Å². The maximum atomic E-state index is 13.0. The summed E-state index contributed by atoms with van der Waals surface area (Å²) in [6, 6.07) is 0. The highest BCUT2D eigenvalue weighted by molar-refractivity contribution is 5.72. The Balaban J connectivity index is 5.83. The third-order valence-corrected chi connectivity index (χ3v) is 2.51. The molecule has 0 spiro atoms. The molecule has 0 aliphatic heterocycles. The standard InChI is InChI=1S/C9H4F14O2/c10-2(11)3(24)25-1-5(14,15)7(18,19)9(22,23)8(20,21)6(16,17)4(12)13/h2,4H,1H2. The van der Waals surface area contributed by atoms with Gasteiger partial charge in [-0.05, 0) is 0 Å². The molecule has 0 fully saturated rings. The van der Waals surface area contributed by atoms with E-state index in [1.807, 2.05) is 0 Å². The van der Waals surface area contributed by atoms with Crippen molar-refractivity contribution in [3.63, 3.8) is 0 Å². The molecule has 0 aromatic heterocycles. The molecule has 0 aromatic rings. The molecule has 0 radical (unpaired) electrons. The molecule has 0 amide bonds. The van der Waals surface area contributed by atoms with Gasteiger partial charge in [-0.2, -0.15) is 52.7 Å². The van der Waals surface area contributed by atoms with E-state index in [-0.39, 0.29) is 0 Å². The van der Waals surface area contributed by atoms with E-state index in [0.717, 1.165) is 0 Å². The minimum atomic E-state index is -7.80. The van der Waals surface area contributed by atoms with Crippen molar-refractivity contribution in [2.24, 2.45) is 0 Å². The highest BCUT2D eigenvalue weighted by atomic mass is 19.4. The number of hydrogen-bond acceptors (Lipinski definition) is 2. The van der Waals surface area contributed by atoms with Gasteiger partial charge in [-0.15, -0.1) is 0 Å². The summed E-state index contributed by atoms with van der Waals surface area (Å²) in [5.74, 6) is -39.7. The molecule has 0 heterocycles. The molecule has 0 saturated carbocycles. The number of hydrogen-bond donors (Lipinski definition) is 0. The topological polar surface area (TPSA) is 26.3 Å². The first-order valence-electron chi connectivity index (χ1n) is 5.39. The van der Waals surface area contributed by atoms with Crippen molar-refractivity contribution in [1.29, 1.82) is 0 Å². The Labute approximate surface area is 127 Å². The second-order valence-corrected chi connectivity index (χ2v) is 4.26. The van der Waals surface area contributed by atoms with Crippen LogP contribution in [0.3, 0.4) is 0 Å². The summed E-state index contributed by atoms with van der Waals surface area (Å²) in [6.45, 7) is -3.35.